The van der Waals surface area contributed by atoms with Crippen LogP contribution in [0.2, 0.25) is 0 Å². The van der Waals surface area contributed by atoms with Crippen molar-refractivity contribution in [1.82, 2.24) is 9.36 Å². The number of nitrogens with one attached hydrogen (secondary N) is 1. The predicted molar refractivity (Wildman–Crippen MR) is 50.8 cm³/mol. The first-order valence-corrected chi connectivity index (χ1v) is 5.56. The van der Waals surface area contributed by atoms with Crippen LogP contribution in [0.4, 0.5) is 5.69 Å². The highest BCUT2D eigenvalue weighted by molar-refractivity contribution is 7.92. The van der Waals surface area contributed by atoms with E-state index in [1.165, 1.54) is 14.1 Å². The van der Waals surface area contributed by atoms with Crippen molar-refractivity contribution in [3.63, 3.8) is 0 Å². The van der Waals surface area contributed by atoms with E-state index in [9.17, 15) is 18.3 Å². The van der Waals surface area contributed by atoms with Crippen molar-refractivity contribution in [3.8, 4) is 5.88 Å². The molecule has 0 aliphatic carbocycles. The summed E-state index contributed by atoms with van der Waals surface area (Å²) in [4.78, 5) is 11.3. The summed E-state index contributed by atoms with van der Waals surface area (Å²) in [5.41, 5.74) is -0.937. The lowest BCUT2D eigenvalue weighted by atomic mass is 10.5. The molecule has 0 bridgehead atoms. The number of aromatic nitrogens is 2. The Morgan fingerprint density at radius 3 is 2.07 bits per heavy atom. The first kappa shape index (κ1) is 10.6. The zero-order chi connectivity index (χ0) is 11.1. The van der Waals surface area contributed by atoms with Crippen LogP contribution in [0.25, 0.3) is 0 Å². The Morgan fingerprint density at radius 2 is 1.79 bits per heavy atom. The second-order valence-corrected chi connectivity index (χ2v) is 4.67. The van der Waals surface area contributed by atoms with Gasteiger partial charge in [-0.25, -0.2) is 13.1 Å². The monoisotopic (exact) mass is 221 g/mol. The molecule has 1 heterocycles. The number of hydrogen-bond acceptors (Lipinski definition) is 4. The van der Waals surface area contributed by atoms with Gasteiger partial charge in [0, 0.05) is 14.1 Å². The molecule has 80 valence electrons. The van der Waals surface area contributed by atoms with Crippen LogP contribution in [0.3, 0.4) is 0 Å². The van der Waals surface area contributed by atoms with E-state index in [2.05, 4.69) is 0 Å². The van der Waals surface area contributed by atoms with Gasteiger partial charge in [-0.2, -0.15) is 0 Å². The molecule has 0 fully saturated rings. The SMILES string of the molecule is Cn1c(O)c(NS(C)(=O)=O)c(=O)n1C. The van der Waals surface area contributed by atoms with Gasteiger partial charge in [-0.3, -0.25) is 14.2 Å². The normalized spacial score (nSPS) is 11.6. The van der Waals surface area contributed by atoms with E-state index in [0.29, 0.717) is 0 Å². The summed E-state index contributed by atoms with van der Waals surface area (Å²) in [6.07, 6.45) is 0.902. The molecule has 0 saturated heterocycles. The summed E-state index contributed by atoms with van der Waals surface area (Å²) in [6, 6.07) is 0. The lowest BCUT2D eigenvalue weighted by Crippen LogP contribution is -2.21. The molecule has 0 radical (unpaired) electrons. The third-order valence-corrected chi connectivity index (χ3v) is 2.35. The summed E-state index contributed by atoms with van der Waals surface area (Å²) in [5.74, 6) is -0.414. The van der Waals surface area contributed by atoms with Gasteiger partial charge >= 0.3 is 0 Å². The van der Waals surface area contributed by atoms with Crippen LogP contribution in [0, 0.1) is 0 Å². The Hall–Kier alpha value is -1.44. The summed E-state index contributed by atoms with van der Waals surface area (Å²) in [7, 11) is -0.715. The van der Waals surface area contributed by atoms with Crippen LogP contribution in [0.5, 0.6) is 5.88 Å². The van der Waals surface area contributed by atoms with Gasteiger partial charge in [-0.15, -0.1) is 0 Å². The van der Waals surface area contributed by atoms with Gasteiger partial charge in [0.05, 0.1) is 6.26 Å². The quantitative estimate of drug-likeness (QED) is 0.656. The van der Waals surface area contributed by atoms with Gasteiger partial charge < -0.3 is 5.11 Å². The van der Waals surface area contributed by atoms with Crippen molar-refractivity contribution in [3.05, 3.63) is 10.4 Å². The molecule has 0 unspecified atom stereocenters. The van der Waals surface area contributed by atoms with Gasteiger partial charge in [0.15, 0.2) is 5.69 Å². The van der Waals surface area contributed by atoms with Crippen LogP contribution >= 0.6 is 0 Å². The minimum Gasteiger partial charge on any atom is -0.492 e. The lowest BCUT2D eigenvalue weighted by Gasteiger charge is -2.00. The van der Waals surface area contributed by atoms with E-state index in [1.54, 1.807) is 0 Å². The smallest absolute Gasteiger partial charge is 0.294 e. The van der Waals surface area contributed by atoms with Gasteiger partial charge in [0.1, 0.15) is 0 Å². The fraction of sp³-hybridized carbons (Fsp3) is 0.500. The van der Waals surface area contributed by atoms with E-state index in [-0.39, 0.29) is 5.69 Å². The fourth-order valence-electron chi connectivity index (χ4n) is 0.972. The van der Waals surface area contributed by atoms with Crippen LogP contribution in [-0.2, 0) is 24.1 Å². The zero-order valence-corrected chi connectivity index (χ0v) is 8.79. The molecule has 1 aromatic heterocycles. The van der Waals surface area contributed by atoms with E-state index in [4.69, 9.17) is 0 Å². The van der Waals surface area contributed by atoms with E-state index in [1.807, 2.05) is 4.72 Å². The summed E-state index contributed by atoms with van der Waals surface area (Å²) < 4.78 is 25.9. The fourth-order valence-corrected chi connectivity index (χ4v) is 1.52. The van der Waals surface area contributed by atoms with Crippen molar-refractivity contribution >= 4 is 15.7 Å². The van der Waals surface area contributed by atoms with Crippen molar-refractivity contribution in [2.45, 2.75) is 0 Å². The Labute approximate surface area is 80.6 Å². The Kier molecular flexibility index (Phi) is 2.32. The van der Waals surface area contributed by atoms with Crippen LogP contribution in [-0.4, -0.2) is 29.1 Å². The zero-order valence-electron chi connectivity index (χ0n) is 7.97. The molecule has 1 rings (SSSR count). The van der Waals surface area contributed by atoms with Gasteiger partial charge in [-0.05, 0) is 0 Å². The average Bonchev–Trinajstić information content (AvgIpc) is 2.20. The molecule has 0 amide bonds. The van der Waals surface area contributed by atoms with Gasteiger partial charge in [0.25, 0.3) is 5.56 Å². The summed E-state index contributed by atoms with van der Waals surface area (Å²) in [5, 5.41) is 9.38. The van der Waals surface area contributed by atoms with E-state index in [0.717, 1.165) is 15.6 Å². The third-order valence-electron chi connectivity index (χ3n) is 1.78. The molecule has 0 saturated carbocycles. The average molecular weight is 221 g/mol. The first-order valence-electron chi connectivity index (χ1n) is 3.67. The number of hydrogen-bond donors (Lipinski definition) is 2. The molecule has 2 N–H and O–H groups in total. The van der Waals surface area contributed by atoms with Crippen molar-refractivity contribution < 1.29 is 13.5 Å². The highest BCUT2D eigenvalue weighted by atomic mass is 32.2. The van der Waals surface area contributed by atoms with Crippen molar-refractivity contribution in [2.75, 3.05) is 11.0 Å². The molecule has 0 spiro atoms. The molecule has 0 aromatic carbocycles. The molecule has 0 atom stereocenters. The Balaban J connectivity index is 3.37. The molecule has 7 nitrogen and oxygen atoms in total. The molecule has 0 aliphatic heterocycles. The lowest BCUT2D eigenvalue weighted by molar-refractivity contribution is 0.398. The standard InChI is InChI=1S/C6H11N3O4S/c1-8-5(10)4(6(11)9(8)2)7-14(3,12)13/h7,10H,1-3H3. The van der Waals surface area contributed by atoms with Crippen LogP contribution < -0.4 is 10.3 Å². The number of rotatable bonds is 2. The number of anilines is 1. The number of sulfonamides is 1. The number of aromatic hydroxyl groups is 1. The van der Waals surface area contributed by atoms with Crippen LogP contribution in [0.15, 0.2) is 4.79 Å². The summed E-state index contributed by atoms with van der Waals surface area (Å²) >= 11 is 0. The predicted octanol–water partition coefficient (Wildman–Crippen LogP) is -1.20. The van der Waals surface area contributed by atoms with Crippen molar-refractivity contribution in [2.24, 2.45) is 14.1 Å². The Morgan fingerprint density at radius 1 is 1.29 bits per heavy atom. The highest BCUT2D eigenvalue weighted by Gasteiger charge is 2.17. The first-order chi connectivity index (χ1) is 6.24. The highest BCUT2D eigenvalue weighted by Crippen LogP contribution is 2.18. The Bertz CT molecular complexity index is 510. The third kappa shape index (κ3) is 1.74. The maximum Gasteiger partial charge on any atom is 0.294 e. The molecule has 1 aromatic rings. The van der Waals surface area contributed by atoms with Gasteiger partial charge in [-0.1, -0.05) is 0 Å². The second kappa shape index (κ2) is 3.05. The second-order valence-electron chi connectivity index (χ2n) is 2.93. The van der Waals surface area contributed by atoms with E-state index >= 15 is 0 Å². The molecular formula is C6H11N3O4S. The van der Waals surface area contributed by atoms with Crippen LogP contribution in [0.1, 0.15) is 0 Å². The number of nitrogens with zero attached hydrogens (tertiary/aromatic N) is 2. The molecule has 8 heteroatoms. The molecular weight excluding hydrogens is 210 g/mol. The largest absolute Gasteiger partial charge is 0.492 e. The van der Waals surface area contributed by atoms with E-state index < -0.39 is 21.5 Å². The minimum absolute atomic E-state index is 0.336. The molecule has 0 aliphatic rings. The maximum atomic E-state index is 11.3. The minimum atomic E-state index is -3.56. The molecule has 14 heavy (non-hydrogen) atoms. The summed E-state index contributed by atoms with van der Waals surface area (Å²) in [6.45, 7) is 0. The topological polar surface area (TPSA) is 93.3 Å². The van der Waals surface area contributed by atoms with Crippen molar-refractivity contribution in [1.29, 1.82) is 0 Å². The van der Waals surface area contributed by atoms with Gasteiger partial charge in [0.2, 0.25) is 15.9 Å². The maximum absolute atomic E-state index is 11.3.